The number of para-hydroxylation sites is 2. The first kappa shape index (κ1) is 89.4. The summed E-state index contributed by atoms with van der Waals surface area (Å²) in [7, 11) is 25.1. The molecule has 0 N–H and O–H groups in total. The van der Waals surface area contributed by atoms with Gasteiger partial charge >= 0.3 is 0 Å². The number of hydrogen-bond acceptors (Lipinski definition) is 6. The summed E-state index contributed by atoms with van der Waals surface area (Å²) in [6.45, 7) is 19.4. The molecule has 0 unspecified atom stereocenters. The normalized spacial score (nSPS) is 10.5. The smallest absolute Gasteiger partial charge is 0.255 e. The highest BCUT2D eigenvalue weighted by Crippen LogP contribution is 2.31. The molecular formula is C106H117N10O5+9. The SMILES string of the molecule is CC(C)c1ccc2c(ccc[n+]2C)c1.COc1cc(OC)c2c(c1)c(C)cc[n+]2C.COc1ccc2c(c1)c(C)cc[n+]2C.COc1ccc2c(ccc[n+]2C)c1.C[n+]1cc(C#N)cc2ccccc21.C[n+]1ccc(C=O)c2ccccc21.Cc1cc(C)c2c(c1)c(C)cc[n+]2C.Cc1ccc2c(ccc[n+]2C)c1.Cc1ccc2ccc[n+](C)c2c1. The third-order valence-corrected chi connectivity index (χ3v) is 21.6. The Balaban J connectivity index is 0.000000143. The Morgan fingerprint density at radius 2 is 0.736 bits per heavy atom. The van der Waals surface area contributed by atoms with Crippen LogP contribution in [0.5, 0.6) is 23.0 Å². The van der Waals surface area contributed by atoms with Crippen LogP contribution in [0.1, 0.15) is 80.2 Å². The summed E-state index contributed by atoms with van der Waals surface area (Å²) in [4.78, 5) is 10.7. The molecule has 0 radical (unpaired) electrons. The number of carbonyl (C=O) groups excluding carboxylic acids is 1. The number of ether oxygens (including phenoxy) is 4. The van der Waals surface area contributed by atoms with Gasteiger partial charge in [-0.15, -0.1) is 0 Å². The van der Waals surface area contributed by atoms with Gasteiger partial charge in [-0.05, 0) is 191 Å². The van der Waals surface area contributed by atoms with E-state index < -0.39 is 0 Å². The Kier molecular flexibility index (Phi) is 31.0. The van der Waals surface area contributed by atoms with Crippen molar-refractivity contribution >= 4 is 104 Å². The van der Waals surface area contributed by atoms with Crippen molar-refractivity contribution in [1.82, 2.24) is 0 Å². The second-order valence-corrected chi connectivity index (χ2v) is 30.9. The number of nitriles is 1. The standard InChI is InChI=1S/C13H16NO2.2C13H16N.C12H14NO.C11H9N2.C11H12NO.C11H10NO.2C11H12N/c1-9-5-6-14(2)13-11(9)7-10(15-3)8-12(13)16-4;1-9-7-11(3)13-12(8-9)10(2)5-6-14(13)4;1-10(2)11-6-7-13-12(9-11)5-4-8-14(13)3;1-9-6-7-13(2)12-5-4-10(14-3)8-11(9)12;1-13-8-9(7-12)6-10-4-2-3-5-11(10)13;1-12-7-3-4-9-8-10(13-2)5-6-11(9)12;1-12-7-6-9(8-13)10-4-2-3-5-11(10)12;1-9-5-6-11-10(8-9)4-3-7-12(11)2;1-9-5-6-10-4-3-7-12(2)11(10)8-9/h5-8H,1-4H3;5-8H,1-4H3;4-10H,1-3H3;4-8H,1-3H3;2-6,8H,1H3;3-8H,1-2H3;2-8H,1H3;2*3-8H,1-2H3/q9*+1. The van der Waals surface area contributed by atoms with Crippen LogP contribution in [-0.2, 0) is 63.4 Å². The maximum Gasteiger partial charge on any atom is 0.255 e. The van der Waals surface area contributed by atoms with Crippen molar-refractivity contribution in [3.05, 3.63) is 354 Å². The van der Waals surface area contributed by atoms with Gasteiger partial charge in [0.15, 0.2) is 67.8 Å². The summed E-state index contributed by atoms with van der Waals surface area (Å²) in [6, 6.07) is 85.3. The molecule has 612 valence electrons. The zero-order valence-electron chi connectivity index (χ0n) is 74.5. The molecule has 0 atom stereocenters. The Hall–Kier alpha value is -14.0. The number of carbonyl (C=O) groups is 1. The fourth-order valence-electron chi connectivity index (χ4n) is 14.8. The monoisotopic (exact) mass is 1610 g/mol. The second-order valence-electron chi connectivity index (χ2n) is 30.9. The average Bonchev–Trinajstić information content (AvgIpc) is 0.781. The van der Waals surface area contributed by atoms with Gasteiger partial charge in [0.2, 0.25) is 44.1 Å². The molecule has 0 fully saturated rings. The Morgan fingerprint density at radius 1 is 0.306 bits per heavy atom. The largest absolute Gasteiger partial charge is 0.497 e. The molecule has 9 heterocycles. The van der Waals surface area contributed by atoms with Crippen LogP contribution < -0.4 is 60.1 Å². The number of methoxy groups -OCH3 is 4. The molecule has 0 amide bonds. The van der Waals surface area contributed by atoms with E-state index in [0.717, 1.165) is 67.6 Å². The van der Waals surface area contributed by atoms with E-state index >= 15 is 0 Å². The van der Waals surface area contributed by atoms with Gasteiger partial charge in [-0.1, -0.05) is 61.9 Å². The molecule has 0 aliphatic rings. The van der Waals surface area contributed by atoms with Crippen LogP contribution in [0.3, 0.4) is 0 Å². The first-order valence-electron chi connectivity index (χ1n) is 40.6. The molecule has 0 aliphatic heterocycles. The second kappa shape index (κ2) is 41.9. The van der Waals surface area contributed by atoms with Gasteiger partial charge in [0.1, 0.15) is 92.3 Å². The summed E-state index contributed by atoms with van der Waals surface area (Å²) in [6.07, 6.45) is 19.1. The topological polar surface area (TPSA) is 113 Å². The van der Waals surface area contributed by atoms with Crippen molar-refractivity contribution in [3.8, 4) is 29.1 Å². The maximum absolute atomic E-state index is 10.7. The molecule has 0 aliphatic carbocycles. The van der Waals surface area contributed by atoms with Gasteiger partial charge < -0.3 is 18.9 Å². The van der Waals surface area contributed by atoms with E-state index in [1.54, 1.807) is 28.4 Å². The number of aromatic nitrogens is 9. The minimum Gasteiger partial charge on any atom is -0.497 e. The van der Waals surface area contributed by atoms with E-state index in [1.807, 2.05) is 166 Å². The summed E-state index contributed by atoms with van der Waals surface area (Å²) >= 11 is 0. The number of aldehydes is 1. The number of benzene rings is 9. The van der Waals surface area contributed by atoms with Crippen molar-refractivity contribution < 1.29 is 64.8 Å². The molecule has 18 rings (SSSR count). The highest BCUT2D eigenvalue weighted by Gasteiger charge is 2.18. The van der Waals surface area contributed by atoms with Gasteiger partial charge in [0.05, 0.1) is 50.0 Å². The van der Waals surface area contributed by atoms with E-state index in [-0.39, 0.29) is 0 Å². The van der Waals surface area contributed by atoms with Crippen LogP contribution in [0, 0.1) is 59.8 Å². The number of rotatable bonds is 6. The lowest BCUT2D eigenvalue weighted by Crippen LogP contribution is -2.29. The molecule has 0 saturated carbocycles. The van der Waals surface area contributed by atoms with Crippen molar-refractivity contribution in [2.75, 3.05) is 28.4 Å². The van der Waals surface area contributed by atoms with Crippen molar-refractivity contribution in [1.29, 1.82) is 5.26 Å². The molecule has 0 bridgehead atoms. The Bertz CT molecular complexity index is 6770. The highest BCUT2D eigenvalue weighted by molar-refractivity contribution is 5.95. The van der Waals surface area contributed by atoms with Crippen LogP contribution in [0.4, 0.5) is 0 Å². The predicted octanol–water partition coefficient (Wildman–Crippen LogP) is 18.0. The van der Waals surface area contributed by atoms with Gasteiger partial charge in [0.25, 0.3) is 5.52 Å². The molecule has 15 heteroatoms. The number of fused-ring (bicyclic) bond motifs is 9. The summed E-state index contributed by atoms with van der Waals surface area (Å²) in [5.74, 6) is 4.06. The zero-order chi connectivity index (χ0) is 87.1. The third kappa shape index (κ3) is 22.7. The van der Waals surface area contributed by atoms with E-state index in [1.165, 1.54) is 110 Å². The van der Waals surface area contributed by atoms with Gasteiger partial charge in [-0.3, -0.25) is 4.79 Å². The number of aryl methyl sites for hydroxylation is 16. The maximum atomic E-state index is 10.7. The summed E-state index contributed by atoms with van der Waals surface area (Å²) < 4.78 is 39.9. The Labute approximate surface area is 713 Å². The van der Waals surface area contributed by atoms with Gasteiger partial charge in [0, 0.05) is 135 Å². The lowest BCUT2D eigenvalue weighted by Gasteiger charge is -2.08. The van der Waals surface area contributed by atoms with Crippen LogP contribution in [-0.4, -0.2) is 34.7 Å². The minimum atomic E-state index is 0.602. The van der Waals surface area contributed by atoms with Gasteiger partial charge in [-0.2, -0.15) is 14.4 Å². The molecule has 18 aromatic rings. The number of hydrogen-bond donors (Lipinski definition) is 0. The van der Waals surface area contributed by atoms with Crippen molar-refractivity contribution in [3.63, 3.8) is 0 Å². The molecule has 15 nitrogen and oxygen atoms in total. The number of nitrogens with zero attached hydrogens (tertiary/aromatic N) is 10. The average molecular weight is 1610 g/mol. The van der Waals surface area contributed by atoms with Crippen molar-refractivity contribution in [2.45, 2.75) is 68.2 Å². The minimum absolute atomic E-state index is 0.602. The molecule has 9 aromatic carbocycles. The third-order valence-electron chi connectivity index (χ3n) is 21.6. The first-order chi connectivity index (χ1) is 58.1. The lowest BCUT2D eigenvalue weighted by molar-refractivity contribution is -0.645. The quantitative estimate of drug-likeness (QED) is 0.121. The first-order valence-corrected chi connectivity index (χ1v) is 40.6. The van der Waals surface area contributed by atoms with Crippen molar-refractivity contribution in [2.24, 2.45) is 63.4 Å². The van der Waals surface area contributed by atoms with E-state index in [0.29, 0.717) is 11.5 Å². The lowest BCUT2D eigenvalue weighted by atomic mass is 10.0. The molecule has 9 aromatic heterocycles. The summed E-state index contributed by atoms with van der Waals surface area (Å²) in [5, 5.41) is 19.7. The fraction of sp³-hybridized carbons (Fsp3) is 0.217. The van der Waals surface area contributed by atoms with E-state index in [9.17, 15) is 4.79 Å². The molecule has 0 saturated heterocycles. The highest BCUT2D eigenvalue weighted by atomic mass is 16.5. The Morgan fingerprint density at radius 3 is 1.32 bits per heavy atom. The predicted molar refractivity (Wildman–Crippen MR) is 490 cm³/mol. The zero-order valence-corrected chi connectivity index (χ0v) is 74.5. The molecule has 0 spiro atoms. The summed E-state index contributed by atoms with van der Waals surface area (Å²) in [5.41, 5.74) is 22.9. The molecule has 121 heavy (non-hydrogen) atoms. The van der Waals surface area contributed by atoms with E-state index in [4.69, 9.17) is 24.2 Å². The van der Waals surface area contributed by atoms with Gasteiger partial charge in [-0.25, -0.2) is 32.0 Å². The van der Waals surface area contributed by atoms with Crippen LogP contribution in [0.25, 0.3) is 98.1 Å². The molecular weight excluding hydrogens is 1490 g/mol. The number of pyridine rings is 9. The van der Waals surface area contributed by atoms with E-state index in [2.05, 4.69) is 305 Å². The fourth-order valence-corrected chi connectivity index (χ4v) is 14.8. The van der Waals surface area contributed by atoms with Crippen LogP contribution >= 0.6 is 0 Å². The van der Waals surface area contributed by atoms with Crippen LogP contribution in [0.15, 0.2) is 298 Å². The van der Waals surface area contributed by atoms with Crippen LogP contribution in [0.2, 0.25) is 0 Å².